The summed E-state index contributed by atoms with van der Waals surface area (Å²) in [5.74, 6) is -0.906. The second-order valence-corrected chi connectivity index (χ2v) is 10.1. The molecule has 5 rings (SSSR count). The largest absolute Gasteiger partial charge is 0.464 e. The van der Waals surface area contributed by atoms with Gasteiger partial charge in [0.2, 0.25) is 5.91 Å². The molecule has 0 spiro atoms. The fourth-order valence-corrected chi connectivity index (χ4v) is 5.44. The van der Waals surface area contributed by atoms with Crippen molar-refractivity contribution in [3.63, 3.8) is 0 Å². The van der Waals surface area contributed by atoms with Gasteiger partial charge in [-0.2, -0.15) is 0 Å². The molecular formula is C29H37N5O4. The molecule has 0 aliphatic carbocycles. The number of ether oxygens (including phenoxy) is 2. The molecule has 1 atom stereocenters. The zero-order valence-corrected chi connectivity index (χ0v) is 22.2. The van der Waals surface area contributed by atoms with Gasteiger partial charge in [0.1, 0.15) is 5.65 Å². The van der Waals surface area contributed by atoms with E-state index in [2.05, 4.69) is 34.6 Å². The van der Waals surface area contributed by atoms with E-state index in [0.717, 1.165) is 49.1 Å². The minimum Gasteiger partial charge on any atom is -0.464 e. The highest BCUT2D eigenvalue weighted by atomic mass is 16.5. The summed E-state index contributed by atoms with van der Waals surface area (Å²) in [6.07, 6.45) is 5.31. The van der Waals surface area contributed by atoms with Gasteiger partial charge in [-0.25, -0.2) is 9.78 Å². The van der Waals surface area contributed by atoms with Crippen LogP contribution in [0, 0.1) is 5.92 Å². The van der Waals surface area contributed by atoms with Crippen molar-refractivity contribution < 1.29 is 19.1 Å². The van der Waals surface area contributed by atoms with Crippen molar-refractivity contribution in [3.8, 4) is 0 Å². The molecule has 2 N–H and O–H groups in total. The number of carbonyl (C=O) groups excluding carboxylic acids is 2. The number of hydrogen-bond donors (Lipinski definition) is 2. The van der Waals surface area contributed by atoms with E-state index in [1.165, 1.54) is 7.11 Å². The summed E-state index contributed by atoms with van der Waals surface area (Å²) in [5.41, 5.74) is 3.44. The van der Waals surface area contributed by atoms with E-state index >= 15 is 0 Å². The van der Waals surface area contributed by atoms with Gasteiger partial charge in [-0.05, 0) is 43.9 Å². The number of fused-ring (bicyclic) bond motifs is 1. The van der Waals surface area contributed by atoms with Crippen molar-refractivity contribution in [2.75, 3.05) is 50.6 Å². The Morgan fingerprint density at radius 2 is 1.95 bits per heavy atom. The standard InChI is InChI=1S/C29H37N5O4/c1-3-33-13-10-22(11-14-33)31-23-17-24-25(32-28(35)21-12-16-38-19-21)26(29(36)37-2)34(27(24)30-18-23)15-9-20-7-5-4-6-8-20/h4-8,17-18,21-22,31H,3,9-16,19H2,1-2H3,(H,32,35). The predicted molar refractivity (Wildman–Crippen MR) is 148 cm³/mol. The minimum atomic E-state index is -0.504. The Morgan fingerprint density at radius 1 is 1.16 bits per heavy atom. The summed E-state index contributed by atoms with van der Waals surface area (Å²) in [6, 6.07) is 12.5. The number of piperidine rings is 1. The Bertz CT molecular complexity index is 1260. The maximum Gasteiger partial charge on any atom is 0.356 e. The quantitative estimate of drug-likeness (QED) is 0.413. The Morgan fingerprint density at radius 3 is 2.63 bits per heavy atom. The van der Waals surface area contributed by atoms with E-state index in [4.69, 9.17) is 14.5 Å². The van der Waals surface area contributed by atoms with Crippen LogP contribution in [0.4, 0.5) is 11.4 Å². The van der Waals surface area contributed by atoms with Crippen molar-refractivity contribution in [1.82, 2.24) is 14.5 Å². The zero-order chi connectivity index (χ0) is 26.5. The van der Waals surface area contributed by atoms with Crippen LogP contribution in [-0.2, 0) is 27.2 Å². The van der Waals surface area contributed by atoms with Crippen LogP contribution >= 0.6 is 0 Å². The third kappa shape index (κ3) is 5.68. The fourth-order valence-electron chi connectivity index (χ4n) is 5.44. The van der Waals surface area contributed by atoms with Crippen LogP contribution < -0.4 is 10.6 Å². The molecular weight excluding hydrogens is 482 g/mol. The van der Waals surface area contributed by atoms with E-state index in [0.29, 0.717) is 55.7 Å². The van der Waals surface area contributed by atoms with E-state index in [1.807, 2.05) is 35.0 Å². The number of rotatable bonds is 9. The van der Waals surface area contributed by atoms with Crippen LogP contribution in [0.3, 0.4) is 0 Å². The van der Waals surface area contributed by atoms with E-state index < -0.39 is 5.97 Å². The molecule has 0 saturated carbocycles. The topological polar surface area (TPSA) is 97.7 Å². The SMILES string of the molecule is CCN1CCC(Nc2cnc3c(c2)c(NC(=O)C2CCOC2)c(C(=O)OC)n3CCc2ccccc2)CC1. The first-order chi connectivity index (χ1) is 18.6. The van der Waals surface area contributed by atoms with E-state index in [-0.39, 0.29) is 11.8 Å². The van der Waals surface area contributed by atoms with Crippen LogP contribution in [0.15, 0.2) is 42.6 Å². The first-order valence-electron chi connectivity index (χ1n) is 13.6. The van der Waals surface area contributed by atoms with Gasteiger partial charge in [0.05, 0.1) is 37.2 Å². The molecule has 1 unspecified atom stereocenters. The summed E-state index contributed by atoms with van der Waals surface area (Å²) in [4.78, 5) is 33.6. The first-order valence-corrected chi connectivity index (χ1v) is 13.6. The third-order valence-electron chi connectivity index (χ3n) is 7.70. The monoisotopic (exact) mass is 519 g/mol. The number of methoxy groups -OCH3 is 1. The molecule has 3 aromatic rings. The molecule has 2 saturated heterocycles. The predicted octanol–water partition coefficient (Wildman–Crippen LogP) is 3.94. The second-order valence-electron chi connectivity index (χ2n) is 10.1. The third-order valence-corrected chi connectivity index (χ3v) is 7.70. The zero-order valence-electron chi connectivity index (χ0n) is 22.2. The smallest absolute Gasteiger partial charge is 0.356 e. The molecule has 2 fully saturated rings. The van der Waals surface area contributed by atoms with Gasteiger partial charge in [-0.3, -0.25) is 4.79 Å². The molecule has 0 radical (unpaired) electrons. The van der Waals surface area contributed by atoms with Crippen molar-refractivity contribution in [2.45, 2.75) is 45.2 Å². The summed E-state index contributed by atoms with van der Waals surface area (Å²) in [7, 11) is 1.36. The Balaban J connectivity index is 1.51. The van der Waals surface area contributed by atoms with Crippen LogP contribution in [0.25, 0.3) is 11.0 Å². The normalized spacial score (nSPS) is 18.5. The maximum absolute atomic E-state index is 13.2. The Kier molecular flexibility index (Phi) is 8.24. The molecule has 2 aromatic heterocycles. The lowest BCUT2D eigenvalue weighted by Crippen LogP contribution is -2.38. The summed E-state index contributed by atoms with van der Waals surface area (Å²) in [5, 5.41) is 7.42. The molecule has 1 amide bonds. The molecule has 1 aromatic carbocycles. The number of pyridine rings is 1. The maximum atomic E-state index is 13.2. The van der Waals surface area contributed by atoms with Gasteiger partial charge in [0.15, 0.2) is 5.69 Å². The number of likely N-dealkylation sites (tertiary alicyclic amines) is 1. The van der Waals surface area contributed by atoms with Crippen molar-refractivity contribution >= 4 is 34.3 Å². The van der Waals surface area contributed by atoms with Gasteiger partial charge in [0, 0.05) is 37.7 Å². The van der Waals surface area contributed by atoms with Crippen LogP contribution in [0.5, 0.6) is 0 Å². The van der Waals surface area contributed by atoms with Gasteiger partial charge in [-0.15, -0.1) is 0 Å². The number of carbonyl (C=O) groups is 2. The summed E-state index contributed by atoms with van der Waals surface area (Å²) < 4.78 is 12.5. The Labute approximate surface area is 223 Å². The van der Waals surface area contributed by atoms with Crippen LogP contribution in [-0.4, -0.2) is 72.3 Å². The van der Waals surface area contributed by atoms with Crippen LogP contribution in [0.1, 0.15) is 42.2 Å². The molecule has 4 heterocycles. The highest BCUT2D eigenvalue weighted by Crippen LogP contribution is 2.34. The van der Waals surface area contributed by atoms with Gasteiger partial charge in [0.25, 0.3) is 0 Å². The number of nitrogens with zero attached hydrogens (tertiary/aromatic N) is 3. The molecule has 0 bridgehead atoms. The fraction of sp³-hybridized carbons (Fsp3) is 0.483. The van der Waals surface area contributed by atoms with Gasteiger partial charge < -0.3 is 29.6 Å². The molecule has 38 heavy (non-hydrogen) atoms. The lowest BCUT2D eigenvalue weighted by Gasteiger charge is -2.31. The number of anilines is 2. The van der Waals surface area contributed by atoms with E-state index in [9.17, 15) is 9.59 Å². The highest BCUT2D eigenvalue weighted by molar-refractivity contribution is 6.11. The molecule has 9 heteroatoms. The molecule has 2 aliphatic heterocycles. The number of amides is 1. The van der Waals surface area contributed by atoms with Gasteiger partial charge >= 0.3 is 5.97 Å². The molecule has 202 valence electrons. The first kappa shape index (κ1) is 26.2. The highest BCUT2D eigenvalue weighted by Gasteiger charge is 2.30. The summed E-state index contributed by atoms with van der Waals surface area (Å²) in [6.45, 7) is 6.86. The summed E-state index contributed by atoms with van der Waals surface area (Å²) >= 11 is 0. The number of aryl methyl sites for hydroxylation is 2. The van der Waals surface area contributed by atoms with Crippen molar-refractivity contribution in [2.24, 2.45) is 5.92 Å². The lowest BCUT2D eigenvalue weighted by atomic mass is 10.0. The van der Waals surface area contributed by atoms with Crippen LogP contribution in [0.2, 0.25) is 0 Å². The average Bonchev–Trinajstić information content (AvgIpc) is 3.60. The molecule has 9 nitrogen and oxygen atoms in total. The van der Waals surface area contributed by atoms with Crippen molar-refractivity contribution in [3.05, 3.63) is 53.9 Å². The number of benzene rings is 1. The number of aromatic nitrogens is 2. The van der Waals surface area contributed by atoms with Crippen molar-refractivity contribution in [1.29, 1.82) is 0 Å². The Hall–Kier alpha value is -3.43. The molecule has 2 aliphatic rings. The second kappa shape index (κ2) is 12.0. The lowest BCUT2D eigenvalue weighted by molar-refractivity contribution is -0.119. The number of nitrogens with one attached hydrogen (secondary N) is 2. The number of hydrogen-bond acceptors (Lipinski definition) is 7. The van der Waals surface area contributed by atoms with Gasteiger partial charge in [-0.1, -0.05) is 37.3 Å². The van der Waals surface area contributed by atoms with E-state index in [1.54, 1.807) is 0 Å². The average molecular weight is 520 g/mol. The minimum absolute atomic E-state index is 0.153. The number of esters is 1.